The fraction of sp³-hybridized carbons (Fsp3) is 0.542. The molecule has 3 rings (SSSR count). The van der Waals surface area contributed by atoms with Crippen molar-refractivity contribution < 1.29 is 47.7 Å². The van der Waals surface area contributed by atoms with E-state index in [1.165, 1.54) is 26.8 Å². The van der Waals surface area contributed by atoms with Crippen molar-refractivity contribution in [2.45, 2.75) is 84.1 Å². The van der Waals surface area contributed by atoms with Gasteiger partial charge in [-0.15, -0.1) is 0 Å². The molecule has 2 aliphatic heterocycles. The van der Waals surface area contributed by atoms with Gasteiger partial charge in [0.1, 0.15) is 0 Å². The maximum absolute atomic E-state index is 13.3. The van der Waals surface area contributed by atoms with Crippen molar-refractivity contribution in [3.8, 4) is 0 Å². The van der Waals surface area contributed by atoms with Crippen molar-refractivity contribution in [1.82, 2.24) is 0 Å². The highest BCUT2D eigenvalue weighted by atomic mass is 16.7. The van der Waals surface area contributed by atoms with Gasteiger partial charge in [-0.2, -0.15) is 0 Å². The number of allylic oxidation sites excluding steroid dienone is 1. The molecule has 10 nitrogen and oxygen atoms in total. The molecule has 1 saturated heterocycles. The van der Waals surface area contributed by atoms with Crippen LogP contribution < -0.4 is 0 Å². The van der Waals surface area contributed by atoms with Gasteiger partial charge in [-0.25, -0.2) is 4.79 Å². The second-order valence-corrected chi connectivity index (χ2v) is 8.65. The maximum Gasteiger partial charge on any atom is 0.334 e. The Labute approximate surface area is 196 Å². The van der Waals surface area contributed by atoms with E-state index in [1.54, 1.807) is 13.8 Å². The SMILES string of the molecule is C/C=C(\C)C(=O)O[C@@H]1C2=CC(=O)[C@](C)(OC(C)=O)C(=O)C2=CO[C@@]12O[C@@H](C)CC[C@H]2OC(C)=O. The van der Waals surface area contributed by atoms with Crippen LogP contribution in [0.1, 0.15) is 54.4 Å². The molecule has 1 fully saturated rings. The molecule has 0 aromatic heterocycles. The number of fused-ring (bicyclic) bond motifs is 1. The van der Waals surface area contributed by atoms with Crippen LogP contribution in [-0.4, -0.2) is 59.2 Å². The van der Waals surface area contributed by atoms with Gasteiger partial charge in [-0.1, -0.05) is 6.08 Å². The van der Waals surface area contributed by atoms with E-state index in [9.17, 15) is 24.0 Å². The standard InChI is InChI=1S/C24H28O10/c1-7-12(2)22(29)32-21-16-10-18(27)23(6,34-15(5)26)20(28)17(16)11-30-24(21)19(31-14(4)25)9-8-13(3)33-24/h7,10-11,13,19,21H,8-9H2,1-6H3/b12-7+/t13-,19+,21+,23-,24-/m0/s1. The molecule has 0 aromatic carbocycles. The molecule has 34 heavy (non-hydrogen) atoms. The molecule has 184 valence electrons. The van der Waals surface area contributed by atoms with E-state index in [1.807, 2.05) is 0 Å². The van der Waals surface area contributed by atoms with E-state index in [2.05, 4.69) is 0 Å². The maximum atomic E-state index is 13.3. The Morgan fingerprint density at radius 2 is 1.76 bits per heavy atom. The second kappa shape index (κ2) is 9.17. The minimum Gasteiger partial charge on any atom is -0.461 e. The number of ketones is 2. The zero-order valence-corrected chi connectivity index (χ0v) is 20.0. The quantitative estimate of drug-likeness (QED) is 0.257. The molecule has 1 spiro atoms. The molecule has 1 aliphatic carbocycles. The van der Waals surface area contributed by atoms with Crippen molar-refractivity contribution in [3.63, 3.8) is 0 Å². The highest BCUT2D eigenvalue weighted by Gasteiger charge is 2.63. The van der Waals surface area contributed by atoms with Crippen molar-refractivity contribution in [2.24, 2.45) is 0 Å². The largest absolute Gasteiger partial charge is 0.461 e. The van der Waals surface area contributed by atoms with E-state index < -0.39 is 53.1 Å². The normalized spacial score (nSPS) is 33.2. The van der Waals surface area contributed by atoms with Crippen molar-refractivity contribution in [1.29, 1.82) is 0 Å². The van der Waals surface area contributed by atoms with Gasteiger partial charge >= 0.3 is 17.9 Å². The van der Waals surface area contributed by atoms with Crippen LogP contribution in [0.25, 0.3) is 0 Å². The molecule has 10 heteroatoms. The average molecular weight is 476 g/mol. The van der Waals surface area contributed by atoms with E-state index in [0.717, 1.165) is 19.3 Å². The van der Waals surface area contributed by atoms with E-state index in [-0.39, 0.29) is 22.8 Å². The summed E-state index contributed by atoms with van der Waals surface area (Å²) in [5.41, 5.74) is -1.95. The van der Waals surface area contributed by atoms with Crippen molar-refractivity contribution in [3.05, 3.63) is 35.1 Å². The van der Waals surface area contributed by atoms with Crippen LogP contribution in [0.4, 0.5) is 0 Å². The summed E-state index contributed by atoms with van der Waals surface area (Å²) >= 11 is 0. The molecule has 0 unspecified atom stereocenters. The first-order chi connectivity index (χ1) is 15.9. The summed E-state index contributed by atoms with van der Waals surface area (Å²) in [6.45, 7) is 8.44. The van der Waals surface area contributed by atoms with Gasteiger partial charge in [0.25, 0.3) is 5.79 Å². The lowest BCUT2D eigenvalue weighted by Gasteiger charge is -2.50. The lowest BCUT2D eigenvalue weighted by atomic mass is 9.75. The van der Waals surface area contributed by atoms with Gasteiger partial charge in [0.2, 0.25) is 17.2 Å². The Hall–Kier alpha value is -3.27. The second-order valence-electron chi connectivity index (χ2n) is 8.65. The predicted molar refractivity (Wildman–Crippen MR) is 115 cm³/mol. The number of hydrogen-bond acceptors (Lipinski definition) is 10. The first-order valence-corrected chi connectivity index (χ1v) is 10.9. The zero-order valence-electron chi connectivity index (χ0n) is 20.0. The Morgan fingerprint density at radius 3 is 2.35 bits per heavy atom. The summed E-state index contributed by atoms with van der Waals surface area (Å²) < 4.78 is 28.3. The molecule has 0 amide bonds. The molecular formula is C24H28O10. The Kier molecular flexibility index (Phi) is 6.84. The summed E-state index contributed by atoms with van der Waals surface area (Å²) in [6, 6.07) is 0. The molecule has 0 saturated carbocycles. The first kappa shape index (κ1) is 25.4. The van der Waals surface area contributed by atoms with Crippen LogP contribution in [0.2, 0.25) is 0 Å². The Balaban J connectivity index is 2.18. The van der Waals surface area contributed by atoms with Gasteiger partial charge in [0, 0.05) is 25.0 Å². The summed E-state index contributed by atoms with van der Waals surface area (Å²) in [7, 11) is 0. The van der Waals surface area contributed by atoms with Crippen LogP contribution in [0.3, 0.4) is 0 Å². The van der Waals surface area contributed by atoms with Gasteiger partial charge in [0.05, 0.1) is 17.9 Å². The molecule has 5 atom stereocenters. The minimum atomic E-state index is -2.10. The number of Topliss-reactive ketones (excluding diaryl/α,β-unsaturated/α-hetero) is 1. The van der Waals surface area contributed by atoms with Gasteiger partial charge in [-0.05, 0) is 46.6 Å². The van der Waals surface area contributed by atoms with Crippen molar-refractivity contribution >= 4 is 29.5 Å². The van der Waals surface area contributed by atoms with Gasteiger partial charge < -0.3 is 23.7 Å². The van der Waals surface area contributed by atoms with Crippen LogP contribution in [0.5, 0.6) is 0 Å². The number of ether oxygens (including phenoxy) is 5. The highest BCUT2D eigenvalue weighted by molar-refractivity contribution is 6.26. The smallest absolute Gasteiger partial charge is 0.334 e. The van der Waals surface area contributed by atoms with Crippen LogP contribution in [0.15, 0.2) is 35.1 Å². The number of carbonyl (C=O) groups excluding carboxylic acids is 5. The van der Waals surface area contributed by atoms with Crippen LogP contribution >= 0.6 is 0 Å². The van der Waals surface area contributed by atoms with Crippen LogP contribution in [-0.2, 0) is 47.7 Å². The predicted octanol–water partition coefficient (Wildman–Crippen LogP) is 2.01. The molecule has 0 N–H and O–H groups in total. The fourth-order valence-corrected chi connectivity index (χ4v) is 4.18. The monoisotopic (exact) mass is 476 g/mol. The molecule has 0 radical (unpaired) electrons. The lowest BCUT2D eigenvalue weighted by Crippen LogP contribution is -2.65. The molecule has 0 aromatic rings. The van der Waals surface area contributed by atoms with E-state index >= 15 is 0 Å². The zero-order chi connectivity index (χ0) is 25.4. The number of esters is 3. The molecular weight excluding hydrogens is 448 g/mol. The summed E-state index contributed by atoms with van der Waals surface area (Å²) in [6.07, 6.45) is 1.71. The minimum absolute atomic E-state index is 0.00869. The molecule has 3 aliphatic rings. The fourth-order valence-electron chi connectivity index (χ4n) is 4.18. The molecule has 0 bridgehead atoms. The highest BCUT2D eigenvalue weighted by Crippen LogP contribution is 2.46. The van der Waals surface area contributed by atoms with Crippen molar-refractivity contribution in [2.75, 3.05) is 0 Å². The number of hydrogen-bond donors (Lipinski definition) is 0. The number of rotatable bonds is 4. The average Bonchev–Trinajstić information content (AvgIpc) is 2.75. The van der Waals surface area contributed by atoms with Crippen LogP contribution in [0, 0.1) is 0 Å². The lowest BCUT2D eigenvalue weighted by molar-refractivity contribution is -0.333. The summed E-state index contributed by atoms with van der Waals surface area (Å²) in [5, 5.41) is 0. The Bertz CT molecular complexity index is 1030. The van der Waals surface area contributed by atoms with Gasteiger partial charge in [-0.3, -0.25) is 19.2 Å². The topological polar surface area (TPSA) is 132 Å². The first-order valence-electron chi connectivity index (χ1n) is 10.9. The number of carbonyl (C=O) groups is 5. The Morgan fingerprint density at radius 1 is 1.09 bits per heavy atom. The van der Waals surface area contributed by atoms with Gasteiger partial charge in [0.15, 0.2) is 12.2 Å². The van der Waals surface area contributed by atoms with E-state index in [0.29, 0.717) is 12.8 Å². The third kappa shape index (κ3) is 4.29. The summed E-state index contributed by atoms with van der Waals surface area (Å²) in [4.78, 5) is 62.5. The third-order valence-electron chi connectivity index (χ3n) is 6.06. The third-order valence-corrected chi connectivity index (χ3v) is 6.06. The molecule has 2 heterocycles. The summed E-state index contributed by atoms with van der Waals surface area (Å²) in [5.74, 6) is -5.65. The van der Waals surface area contributed by atoms with E-state index in [4.69, 9.17) is 23.7 Å².